The molecule has 1 heterocycles. The minimum absolute atomic E-state index is 0.0351. The van der Waals surface area contributed by atoms with E-state index in [1.165, 1.54) is 22.7 Å². The second kappa shape index (κ2) is 3.50. The molecule has 4 heteroatoms. The normalized spacial score (nSPS) is 11.0. The summed E-state index contributed by atoms with van der Waals surface area (Å²) in [6.07, 6.45) is 0. The maximum absolute atomic E-state index is 12.1. The van der Waals surface area contributed by atoms with E-state index in [1.54, 1.807) is 24.3 Å². The fourth-order valence-corrected chi connectivity index (χ4v) is 3.57. The lowest BCUT2D eigenvalue weighted by Gasteiger charge is -1.95. The Morgan fingerprint density at radius 1 is 0.750 bits per heavy atom. The molecule has 0 bridgehead atoms. The average molecular weight is 246 g/mol. The number of hydrogen-bond donors (Lipinski definition) is 0. The van der Waals surface area contributed by atoms with Gasteiger partial charge in [-0.05, 0) is 0 Å². The zero-order valence-electron chi connectivity index (χ0n) is 8.10. The Kier molecular flexibility index (Phi) is 2.12. The van der Waals surface area contributed by atoms with Crippen LogP contribution >= 0.6 is 22.7 Å². The van der Waals surface area contributed by atoms with Gasteiger partial charge in [-0.15, -0.1) is 22.7 Å². The van der Waals surface area contributed by atoms with Crippen LogP contribution in [0.2, 0.25) is 0 Å². The molecule has 0 saturated heterocycles. The smallest absolute Gasteiger partial charge is 0.205 e. The van der Waals surface area contributed by atoms with E-state index in [2.05, 4.69) is 0 Å². The average Bonchev–Trinajstić information content (AvgIpc) is 2.36. The maximum Gasteiger partial charge on any atom is 0.205 e. The van der Waals surface area contributed by atoms with Crippen LogP contribution in [0, 0.1) is 9.06 Å². The molecule has 78 valence electrons. The first-order chi connectivity index (χ1) is 7.79. The van der Waals surface area contributed by atoms with Crippen molar-refractivity contribution in [2.24, 2.45) is 0 Å². The SMILES string of the molecule is O=c1c2sccsc=2c(=O)c2ccccc12. The quantitative estimate of drug-likeness (QED) is 0.610. The summed E-state index contributed by atoms with van der Waals surface area (Å²) >= 11 is 2.66. The fourth-order valence-electron chi connectivity index (χ4n) is 1.74. The van der Waals surface area contributed by atoms with Crippen LogP contribution in [0.3, 0.4) is 0 Å². The minimum atomic E-state index is -0.0351. The van der Waals surface area contributed by atoms with Gasteiger partial charge in [0.05, 0.1) is 9.06 Å². The van der Waals surface area contributed by atoms with E-state index in [4.69, 9.17) is 0 Å². The van der Waals surface area contributed by atoms with E-state index < -0.39 is 0 Å². The van der Waals surface area contributed by atoms with Crippen LogP contribution in [0.25, 0.3) is 10.8 Å². The predicted molar refractivity (Wildman–Crippen MR) is 67.5 cm³/mol. The largest absolute Gasteiger partial charge is 0.288 e. The summed E-state index contributed by atoms with van der Waals surface area (Å²) in [6, 6.07) is 6.99. The molecule has 0 spiro atoms. The molecule has 0 radical (unpaired) electrons. The lowest BCUT2D eigenvalue weighted by atomic mass is 10.1. The third-order valence-corrected chi connectivity index (χ3v) is 4.56. The molecule has 1 aromatic rings. The van der Waals surface area contributed by atoms with E-state index in [-0.39, 0.29) is 10.9 Å². The lowest BCUT2D eigenvalue weighted by molar-refractivity contribution is 1.55. The highest BCUT2D eigenvalue weighted by Gasteiger charge is 2.06. The fraction of sp³-hybridized carbons (Fsp3) is 0. The van der Waals surface area contributed by atoms with Crippen LogP contribution in [0.1, 0.15) is 0 Å². The summed E-state index contributed by atoms with van der Waals surface area (Å²) < 4.78 is 1.13. The van der Waals surface area contributed by atoms with Crippen molar-refractivity contribution < 1.29 is 0 Å². The van der Waals surface area contributed by atoms with Crippen molar-refractivity contribution >= 4 is 33.4 Å². The zero-order valence-corrected chi connectivity index (χ0v) is 9.73. The van der Waals surface area contributed by atoms with Crippen molar-refractivity contribution in [3.63, 3.8) is 0 Å². The summed E-state index contributed by atoms with van der Waals surface area (Å²) in [5.74, 6) is 0. The van der Waals surface area contributed by atoms with E-state index in [0.29, 0.717) is 19.8 Å². The third kappa shape index (κ3) is 1.24. The summed E-state index contributed by atoms with van der Waals surface area (Å²) in [5.41, 5.74) is -0.0703. The van der Waals surface area contributed by atoms with E-state index in [9.17, 15) is 9.59 Å². The van der Waals surface area contributed by atoms with Crippen molar-refractivity contribution in [1.82, 2.24) is 0 Å². The topological polar surface area (TPSA) is 34.1 Å². The van der Waals surface area contributed by atoms with Gasteiger partial charge in [0.1, 0.15) is 0 Å². The van der Waals surface area contributed by atoms with Crippen LogP contribution in [0.15, 0.2) is 44.6 Å². The van der Waals surface area contributed by atoms with Crippen molar-refractivity contribution in [2.45, 2.75) is 0 Å². The van der Waals surface area contributed by atoms with E-state index in [0.717, 1.165) is 0 Å². The van der Waals surface area contributed by atoms with Gasteiger partial charge in [0.2, 0.25) is 10.9 Å². The maximum atomic E-state index is 12.1. The molecular formula is C12H6O2S2. The van der Waals surface area contributed by atoms with Gasteiger partial charge in [-0.25, -0.2) is 0 Å². The molecule has 0 aromatic heterocycles. The molecular weight excluding hydrogens is 240 g/mol. The molecule has 0 fully saturated rings. The van der Waals surface area contributed by atoms with Gasteiger partial charge in [-0.2, -0.15) is 0 Å². The molecule has 1 aliphatic heterocycles. The minimum Gasteiger partial charge on any atom is -0.288 e. The summed E-state index contributed by atoms with van der Waals surface area (Å²) in [5, 5.41) is 4.72. The van der Waals surface area contributed by atoms with Crippen LogP contribution in [0.4, 0.5) is 0 Å². The van der Waals surface area contributed by atoms with Gasteiger partial charge in [0.25, 0.3) is 0 Å². The monoisotopic (exact) mass is 246 g/mol. The molecule has 0 saturated carbocycles. The number of hydrogen-bond acceptors (Lipinski definition) is 4. The second-order valence-electron chi connectivity index (χ2n) is 3.37. The first-order valence-corrected chi connectivity index (χ1v) is 6.46. The van der Waals surface area contributed by atoms with Gasteiger partial charge < -0.3 is 0 Å². The summed E-state index contributed by atoms with van der Waals surface area (Å²) in [4.78, 5) is 24.2. The highest BCUT2D eigenvalue weighted by molar-refractivity contribution is 7.14. The molecule has 0 atom stereocenters. The lowest BCUT2D eigenvalue weighted by Crippen LogP contribution is -2.12. The Morgan fingerprint density at radius 3 is 1.62 bits per heavy atom. The molecule has 2 nitrogen and oxygen atoms in total. The first-order valence-electron chi connectivity index (χ1n) is 4.70. The van der Waals surface area contributed by atoms with Gasteiger partial charge in [-0.1, -0.05) is 24.3 Å². The van der Waals surface area contributed by atoms with Crippen molar-refractivity contribution in [3.8, 4) is 0 Å². The van der Waals surface area contributed by atoms with Gasteiger partial charge >= 0.3 is 0 Å². The number of rotatable bonds is 0. The van der Waals surface area contributed by atoms with E-state index in [1.807, 2.05) is 10.8 Å². The predicted octanol–water partition coefficient (Wildman–Crippen LogP) is 2.41. The second-order valence-corrected chi connectivity index (χ2v) is 5.20. The Labute approximate surface area is 98.1 Å². The van der Waals surface area contributed by atoms with Crippen LogP contribution < -0.4 is 10.9 Å². The Bertz CT molecular complexity index is 774. The van der Waals surface area contributed by atoms with Crippen LogP contribution in [-0.2, 0) is 0 Å². The Morgan fingerprint density at radius 2 is 1.19 bits per heavy atom. The Balaban J connectivity index is 2.88. The van der Waals surface area contributed by atoms with Crippen molar-refractivity contribution in [2.75, 3.05) is 0 Å². The number of fused-ring (bicyclic) bond motifs is 1. The zero-order chi connectivity index (χ0) is 11.1. The standard InChI is InChI=1S/C12H6O2S2/c13-9-7-3-1-2-4-8(7)10(14)12-11(9)15-5-6-16-12/h1-6H. The summed E-state index contributed by atoms with van der Waals surface area (Å²) in [7, 11) is 0. The van der Waals surface area contributed by atoms with Gasteiger partial charge in [0, 0.05) is 21.5 Å². The summed E-state index contributed by atoms with van der Waals surface area (Å²) in [6.45, 7) is 0. The van der Waals surface area contributed by atoms with Crippen molar-refractivity contribution in [3.05, 3.63) is 64.5 Å². The highest BCUT2D eigenvalue weighted by Crippen LogP contribution is 2.10. The van der Waals surface area contributed by atoms with Crippen molar-refractivity contribution in [1.29, 1.82) is 0 Å². The molecule has 1 aliphatic carbocycles. The first kappa shape index (κ1) is 9.69. The van der Waals surface area contributed by atoms with E-state index >= 15 is 0 Å². The molecule has 1 aromatic carbocycles. The molecule has 2 aliphatic rings. The molecule has 16 heavy (non-hydrogen) atoms. The van der Waals surface area contributed by atoms with Gasteiger partial charge in [-0.3, -0.25) is 9.59 Å². The van der Waals surface area contributed by atoms with Gasteiger partial charge in [0.15, 0.2) is 0 Å². The van der Waals surface area contributed by atoms with Crippen LogP contribution in [0.5, 0.6) is 0 Å². The van der Waals surface area contributed by atoms with Crippen LogP contribution in [-0.4, -0.2) is 0 Å². The molecule has 0 amide bonds. The Hall–Kier alpha value is -1.52. The molecule has 0 unspecified atom stereocenters. The third-order valence-electron chi connectivity index (χ3n) is 2.46. The molecule has 0 N–H and O–H groups in total. The number of benzene rings is 1. The highest BCUT2D eigenvalue weighted by atomic mass is 32.1. The molecule has 3 rings (SSSR count).